The van der Waals surface area contributed by atoms with Gasteiger partial charge in [-0.3, -0.25) is 0 Å². The maximum absolute atomic E-state index is 5.71. The molecule has 0 saturated carbocycles. The molecule has 1 aliphatic rings. The third-order valence-corrected chi connectivity index (χ3v) is 2.64. The minimum atomic E-state index is 0.747. The molecular formula is C12H17NO2. The molecule has 0 bridgehead atoms. The van der Waals surface area contributed by atoms with E-state index in [9.17, 15) is 0 Å². The molecule has 0 aromatic heterocycles. The molecule has 1 aliphatic heterocycles. The quantitative estimate of drug-likeness (QED) is 0.803. The molecule has 0 radical (unpaired) electrons. The van der Waals surface area contributed by atoms with Crippen LogP contribution in [-0.2, 0) is 6.54 Å². The maximum Gasteiger partial charge on any atom is 0.164 e. The van der Waals surface area contributed by atoms with Gasteiger partial charge in [-0.15, -0.1) is 0 Å². The summed E-state index contributed by atoms with van der Waals surface area (Å²) in [5.41, 5.74) is 2.45. The van der Waals surface area contributed by atoms with E-state index in [0.717, 1.165) is 37.7 Å². The Balaban J connectivity index is 2.36. The molecule has 15 heavy (non-hydrogen) atoms. The second-order valence-electron chi connectivity index (χ2n) is 3.76. The van der Waals surface area contributed by atoms with Gasteiger partial charge in [0.15, 0.2) is 11.5 Å². The Hall–Kier alpha value is -1.22. The zero-order valence-electron chi connectivity index (χ0n) is 9.30. The average molecular weight is 207 g/mol. The highest BCUT2D eigenvalue weighted by atomic mass is 16.5. The molecule has 1 aromatic carbocycles. The molecule has 1 heterocycles. The highest BCUT2D eigenvalue weighted by molar-refractivity contribution is 5.50. The highest BCUT2D eigenvalue weighted by Gasteiger charge is 2.14. The SMILES string of the molecule is CNCc1ccc2c(c1C)OCCCO2. The molecular weight excluding hydrogens is 190 g/mol. The standard InChI is InChI=1S/C12H17NO2/c1-9-10(8-13-2)4-5-11-12(9)15-7-3-6-14-11/h4-5,13H,3,6-8H2,1-2H3. The number of hydrogen-bond donors (Lipinski definition) is 1. The predicted molar refractivity (Wildman–Crippen MR) is 59.5 cm³/mol. The van der Waals surface area contributed by atoms with Crippen molar-refractivity contribution in [2.45, 2.75) is 19.9 Å². The number of fused-ring (bicyclic) bond motifs is 1. The molecule has 0 unspecified atom stereocenters. The third-order valence-electron chi connectivity index (χ3n) is 2.64. The molecule has 1 N–H and O–H groups in total. The van der Waals surface area contributed by atoms with E-state index in [1.165, 1.54) is 11.1 Å². The fourth-order valence-electron chi connectivity index (χ4n) is 1.80. The first-order chi connectivity index (χ1) is 7.33. The summed E-state index contributed by atoms with van der Waals surface area (Å²) in [7, 11) is 1.95. The van der Waals surface area contributed by atoms with Crippen LogP contribution in [0.3, 0.4) is 0 Å². The Morgan fingerprint density at radius 3 is 2.87 bits per heavy atom. The Labute approximate surface area is 90.4 Å². The smallest absolute Gasteiger partial charge is 0.164 e. The van der Waals surface area contributed by atoms with E-state index in [-0.39, 0.29) is 0 Å². The van der Waals surface area contributed by atoms with Crippen molar-refractivity contribution >= 4 is 0 Å². The van der Waals surface area contributed by atoms with Crippen molar-refractivity contribution in [2.24, 2.45) is 0 Å². The first kappa shape index (κ1) is 10.3. The van der Waals surface area contributed by atoms with Gasteiger partial charge in [-0.05, 0) is 31.2 Å². The minimum absolute atomic E-state index is 0.747. The van der Waals surface area contributed by atoms with Gasteiger partial charge in [0.05, 0.1) is 13.2 Å². The van der Waals surface area contributed by atoms with Gasteiger partial charge in [0.25, 0.3) is 0 Å². The lowest BCUT2D eigenvalue weighted by Gasteiger charge is -2.13. The Kier molecular flexibility index (Phi) is 3.11. The van der Waals surface area contributed by atoms with Gasteiger partial charge in [-0.1, -0.05) is 6.07 Å². The second kappa shape index (κ2) is 4.53. The van der Waals surface area contributed by atoms with Gasteiger partial charge in [-0.2, -0.15) is 0 Å². The summed E-state index contributed by atoms with van der Waals surface area (Å²) in [5, 5.41) is 3.15. The number of nitrogens with one attached hydrogen (secondary N) is 1. The normalized spacial score (nSPS) is 14.8. The summed E-state index contributed by atoms with van der Waals surface area (Å²) in [5.74, 6) is 1.80. The van der Waals surface area contributed by atoms with Crippen LogP contribution in [-0.4, -0.2) is 20.3 Å². The monoisotopic (exact) mass is 207 g/mol. The average Bonchev–Trinajstić information content (AvgIpc) is 2.48. The lowest BCUT2D eigenvalue weighted by Crippen LogP contribution is -2.07. The summed E-state index contributed by atoms with van der Waals surface area (Å²) < 4.78 is 11.3. The van der Waals surface area contributed by atoms with E-state index >= 15 is 0 Å². The number of ether oxygens (including phenoxy) is 2. The van der Waals surface area contributed by atoms with E-state index in [2.05, 4.69) is 18.3 Å². The topological polar surface area (TPSA) is 30.5 Å². The lowest BCUT2D eigenvalue weighted by atomic mass is 10.1. The van der Waals surface area contributed by atoms with E-state index in [1.807, 2.05) is 13.1 Å². The molecule has 0 saturated heterocycles. The van der Waals surface area contributed by atoms with Crippen molar-refractivity contribution < 1.29 is 9.47 Å². The fourth-order valence-corrected chi connectivity index (χ4v) is 1.80. The summed E-state index contributed by atoms with van der Waals surface area (Å²) in [6.07, 6.45) is 0.954. The van der Waals surface area contributed by atoms with Gasteiger partial charge >= 0.3 is 0 Å². The summed E-state index contributed by atoms with van der Waals surface area (Å²) >= 11 is 0. The molecule has 1 aromatic rings. The van der Waals surface area contributed by atoms with Crippen LogP contribution in [0.25, 0.3) is 0 Å². The molecule has 3 nitrogen and oxygen atoms in total. The van der Waals surface area contributed by atoms with Crippen molar-refractivity contribution in [3.63, 3.8) is 0 Å². The van der Waals surface area contributed by atoms with Crippen LogP contribution in [0.5, 0.6) is 11.5 Å². The van der Waals surface area contributed by atoms with Crippen LogP contribution in [0.4, 0.5) is 0 Å². The van der Waals surface area contributed by atoms with Crippen molar-refractivity contribution in [2.75, 3.05) is 20.3 Å². The predicted octanol–water partition coefficient (Wildman–Crippen LogP) is 1.88. The van der Waals surface area contributed by atoms with Crippen molar-refractivity contribution in [1.29, 1.82) is 0 Å². The molecule has 0 fully saturated rings. The zero-order chi connectivity index (χ0) is 10.7. The number of hydrogen-bond acceptors (Lipinski definition) is 3. The van der Waals surface area contributed by atoms with Crippen LogP contribution in [0.2, 0.25) is 0 Å². The van der Waals surface area contributed by atoms with E-state index in [0.29, 0.717) is 0 Å². The Morgan fingerprint density at radius 2 is 2.07 bits per heavy atom. The van der Waals surface area contributed by atoms with E-state index in [1.54, 1.807) is 0 Å². The highest BCUT2D eigenvalue weighted by Crippen LogP contribution is 2.34. The van der Waals surface area contributed by atoms with E-state index < -0.39 is 0 Å². The van der Waals surface area contributed by atoms with Crippen LogP contribution in [0, 0.1) is 6.92 Å². The molecule has 82 valence electrons. The first-order valence-corrected chi connectivity index (χ1v) is 5.35. The third kappa shape index (κ3) is 2.07. The van der Waals surface area contributed by atoms with Crippen LogP contribution >= 0.6 is 0 Å². The molecule has 2 rings (SSSR count). The summed E-state index contributed by atoms with van der Waals surface area (Å²) in [6.45, 7) is 4.44. The Morgan fingerprint density at radius 1 is 1.27 bits per heavy atom. The van der Waals surface area contributed by atoms with Crippen LogP contribution in [0.15, 0.2) is 12.1 Å². The Bertz CT molecular complexity index is 350. The minimum Gasteiger partial charge on any atom is -0.490 e. The fraction of sp³-hybridized carbons (Fsp3) is 0.500. The largest absolute Gasteiger partial charge is 0.490 e. The number of benzene rings is 1. The van der Waals surface area contributed by atoms with Gasteiger partial charge in [-0.25, -0.2) is 0 Å². The summed E-state index contributed by atoms with van der Waals surface area (Å²) in [6, 6.07) is 4.10. The maximum atomic E-state index is 5.71. The van der Waals surface area contributed by atoms with Gasteiger partial charge in [0.1, 0.15) is 0 Å². The van der Waals surface area contributed by atoms with Crippen LogP contribution < -0.4 is 14.8 Å². The van der Waals surface area contributed by atoms with Gasteiger partial charge in [0.2, 0.25) is 0 Å². The molecule has 0 atom stereocenters. The lowest BCUT2D eigenvalue weighted by molar-refractivity contribution is 0.296. The van der Waals surface area contributed by atoms with Crippen molar-refractivity contribution in [3.8, 4) is 11.5 Å². The molecule has 3 heteroatoms. The molecule has 0 aliphatic carbocycles. The van der Waals surface area contributed by atoms with Crippen molar-refractivity contribution in [1.82, 2.24) is 5.32 Å². The zero-order valence-corrected chi connectivity index (χ0v) is 9.30. The summed E-state index contributed by atoms with van der Waals surface area (Å²) in [4.78, 5) is 0. The first-order valence-electron chi connectivity index (χ1n) is 5.35. The van der Waals surface area contributed by atoms with Gasteiger partial charge < -0.3 is 14.8 Å². The van der Waals surface area contributed by atoms with Crippen molar-refractivity contribution in [3.05, 3.63) is 23.3 Å². The molecule has 0 amide bonds. The number of rotatable bonds is 2. The molecule has 0 spiro atoms. The van der Waals surface area contributed by atoms with E-state index in [4.69, 9.17) is 9.47 Å². The van der Waals surface area contributed by atoms with Crippen LogP contribution in [0.1, 0.15) is 17.5 Å². The van der Waals surface area contributed by atoms with Gasteiger partial charge in [0, 0.05) is 13.0 Å². The second-order valence-corrected chi connectivity index (χ2v) is 3.76.